The molecule has 0 saturated heterocycles. The fourth-order valence-electron chi connectivity index (χ4n) is 1.28. The van der Waals surface area contributed by atoms with E-state index >= 15 is 0 Å². The number of rotatable bonds is 5. The summed E-state index contributed by atoms with van der Waals surface area (Å²) in [4.78, 5) is 1.16. The van der Waals surface area contributed by atoms with Crippen molar-refractivity contribution in [3.05, 3.63) is 20.8 Å². The van der Waals surface area contributed by atoms with Crippen molar-refractivity contribution < 1.29 is 8.42 Å². The molecule has 0 bridgehead atoms. The molecular formula is C9H14BrNO2S2. The van der Waals surface area contributed by atoms with Crippen LogP contribution in [0.3, 0.4) is 0 Å². The maximum absolute atomic E-state index is 11.1. The highest BCUT2D eigenvalue weighted by molar-refractivity contribution is 9.11. The normalized spacial score (nSPS) is 14.1. The molecule has 1 atom stereocenters. The largest absolute Gasteiger partial charge is 0.312 e. The third-order valence-corrected chi connectivity index (χ3v) is 4.78. The van der Waals surface area contributed by atoms with Crippen molar-refractivity contribution in [3.8, 4) is 0 Å². The monoisotopic (exact) mass is 311 g/mol. The molecule has 1 aromatic heterocycles. The number of nitrogens with one attached hydrogen (secondary N) is 1. The lowest BCUT2D eigenvalue weighted by atomic mass is 10.2. The summed E-state index contributed by atoms with van der Waals surface area (Å²) in [6.07, 6.45) is 1.88. The lowest BCUT2D eigenvalue weighted by Crippen LogP contribution is -2.18. The van der Waals surface area contributed by atoms with E-state index < -0.39 is 9.84 Å². The van der Waals surface area contributed by atoms with Crippen LogP contribution < -0.4 is 5.32 Å². The smallest absolute Gasteiger partial charge is 0.147 e. The van der Waals surface area contributed by atoms with E-state index in [2.05, 4.69) is 21.2 Å². The van der Waals surface area contributed by atoms with Crippen LogP contribution in [0.5, 0.6) is 0 Å². The van der Waals surface area contributed by atoms with Gasteiger partial charge < -0.3 is 5.32 Å². The van der Waals surface area contributed by atoms with E-state index in [-0.39, 0.29) is 11.8 Å². The van der Waals surface area contributed by atoms with Gasteiger partial charge in [0.15, 0.2) is 0 Å². The Balaban J connectivity index is 2.65. The molecule has 0 amide bonds. The van der Waals surface area contributed by atoms with Gasteiger partial charge in [-0.05, 0) is 41.5 Å². The van der Waals surface area contributed by atoms with Crippen molar-refractivity contribution in [2.75, 3.05) is 19.1 Å². The van der Waals surface area contributed by atoms with Crippen molar-refractivity contribution in [1.82, 2.24) is 5.32 Å². The van der Waals surface area contributed by atoms with Crippen LogP contribution in [0.4, 0.5) is 0 Å². The first-order valence-corrected chi connectivity index (χ1v) is 8.19. The number of hydrogen-bond acceptors (Lipinski definition) is 4. The molecular weight excluding hydrogens is 298 g/mol. The summed E-state index contributed by atoms with van der Waals surface area (Å²) in [6.45, 7) is 0. The number of sulfone groups is 1. The van der Waals surface area contributed by atoms with Gasteiger partial charge in [0.2, 0.25) is 0 Å². The number of hydrogen-bond donors (Lipinski definition) is 1. The third kappa shape index (κ3) is 4.63. The Morgan fingerprint density at radius 3 is 2.60 bits per heavy atom. The predicted molar refractivity (Wildman–Crippen MR) is 68.1 cm³/mol. The van der Waals surface area contributed by atoms with E-state index in [0.29, 0.717) is 6.42 Å². The minimum Gasteiger partial charge on any atom is -0.312 e. The average Bonchev–Trinajstić information content (AvgIpc) is 2.51. The summed E-state index contributed by atoms with van der Waals surface area (Å²) >= 11 is 5.02. The van der Waals surface area contributed by atoms with Gasteiger partial charge in [-0.3, -0.25) is 0 Å². The van der Waals surface area contributed by atoms with Gasteiger partial charge in [0.1, 0.15) is 9.84 Å². The van der Waals surface area contributed by atoms with E-state index in [1.54, 1.807) is 11.3 Å². The molecule has 0 saturated carbocycles. The van der Waals surface area contributed by atoms with E-state index in [4.69, 9.17) is 0 Å². The highest BCUT2D eigenvalue weighted by Crippen LogP contribution is 2.28. The molecule has 0 spiro atoms. The van der Waals surface area contributed by atoms with Crippen molar-refractivity contribution in [2.24, 2.45) is 0 Å². The van der Waals surface area contributed by atoms with Gasteiger partial charge in [0.05, 0.1) is 9.54 Å². The van der Waals surface area contributed by atoms with Crippen LogP contribution in [0.25, 0.3) is 0 Å². The SMILES string of the molecule is CNC(CCS(C)(=O)=O)c1ccc(Br)s1. The molecule has 0 fully saturated rings. The molecule has 6 heteroatoms. The Hall–Kier alpha value is 0.0900. The zero-order valence-electron chi connectivity index (χ0n) is 8.66. The average molecular weight is 312 g/mol. The molecule has 1 unspecified atom stereocenters. The minimum atomic E-state index is -2.88. The first-order chi connectivity index (χ1) is 6.92. The molecule has 1 N–H and O–H groups in total. The maximum Gasteiger partial charge on any atom is 0.147 e. The van der Waals surface area contributed by atoms with Crippen LogP contribution in [-0.4, -0.2) is 27.5 Å². The van der Waals surface area contributed by atoms with Crippen molar-refractivity contribution >= 4 is 37.1 Å². The molecule has 86 valence electrons. The molecule has 3 nitrogen and oxygen atoms in total. The fourth-order valence-corrected chi connectivity index (χ4v) is 3.51. The van der Waals surface area contributed by atoms with Gasteiger partial charge >= 0.3 is 0 Å². The molecule has 15 heavy (non-hydrogen) atoms. The third-order valence-electron chi connectivity index (χ3n) is 2.06. The van der Waals surface area contributed by atoms with Gasteiger partial charge in [0, 0.05) is 17.2 Å². The summed E-state index contributed by atoms with van der Waals surface area (Å²) in [5.41, 5.74) is 0. The predicted octanol–water partition coefficient (Wildman–Crippen LogP) is 2.21. The topological polar surface area (TPSA) is 46.2 Å². The summed E-state index contributed by atoms with van der Waals surface area (Å²) in [6, 6.07) is 4.11. The van der Waals surface area contributed by atoms with Crippen LogP contribution in [0.15, 0.2) is 15.9 Å². The Morgan fingerprint density at radius 1 is 1.53 bits per heavy atom. The fraction of sp³-hybridized carbons (Fsp3) is 0.556. The van der Waals surface area contributed by atoms with Gasteiger partial charge in [-0.25, -0.2) is 8.42 Å². The second-order valence-electron chi connectivity index (χ2n) is 3.40. The molecule has 0 aliphatic heterocycles. The van der Waals surface area contributed by atoms with Gasteiger partial charge in [-0.1, -0.05) is 0 Å². The van der Waals surface area contributed by atoms with Gasteiger partial charge in [-0.2, -0.15) is 0 Å². The molecule has 1 heterocycles. The van der Waals surface area contributed by atoms with E-state index in [1.807, 2.05) is 19.2 Å². The quantitative estimate of drug-likeness (QED) is 0.907. The van der Waals surface area contributed by atoms with Crippen molar-refractivity contribution in [2.45, 2.75) is 12.5 Å². The van der Waals surface area contributed by atoms with Crippen molar-refractivity contribution in [1.29, 1.82) is 0 Å². The second-order valence-corrected chi connectivity index (χ2v) is 8.16. The van der Waals surface area contributed by atoms with Crippen molar-refractivity contribution in [3.63, 3.8) is 0 Å². The van der Waals surface area contributed by atoms with Crippen LogP contribution in [-0.2, 0) is 9.84 Å². The molecule has 0 aromatic carbocycles. The van der Waals surface area contributed by atoms with E-state index in [1.165, 1.54) is 6.26 Å². The Labute approximate surface area is 103 Å². The molecule has 1 rings (SSSR count). The lowest BCUT2D eigenvalue weighted by molar-refractivity contribution is 0.565. The van der Waals surface area contributed by atoms with E-state index in [9.17, 15) is 8.42 Å². The first-order valence-electron chi connectivity index (χ1n) is 4.52. The highest BCUT2D eigenvalue weighted by Gasteiger charge is 2.14. The van der Waals surface area contributed by atoms with Gasteiger partial charge in [-0.15, -0.1) is 11.3 Å². The maximum atomic E-state index is 11.1. The summed E-state index contributed by atoms with van der Waals surface area (Å²) in [7, 11) is -1.03. The number of halogens is 1. The zero-order chi connectivity index (χ0) is 11.5. The molecule has 0 aliphatic carbocycles. The standard InChI is InChI=1S/C9H14BrNO2S2/c1-11-7(5-6-15(2,12)13)8-3-4-9(10)14-8/h3-4,7,11H,5-6H2,1-2H3. The summed E-state index contributed by atoms with van der Waals surface area (Å²) < 4.78 is 23.2. The zero-order valence-corrected chi connectivity index (χ0v) is 11.9. The minimum absolute atomic E-state index is 0.121. The van der Waals surface area contributed by atoms with Crippen LogP contribution >= 0.6 is 27.3 Å². The first kappa shape index (κ1) is 13.2. The Morgan fingerprint density at radius 2 is 2.20 bits per heavy atom. The Kier molecular flexibility index (Phi) is 4.76. The van der Waals surface area contributed by atoms with Crippen LogP contribution in [0.1, 0.15) is 17.3 Å². The van der Waals surface area contributed by atoms with Crippen LogP contribution in [0.2, 0.25) is 0 Å². The highest BCUT2D eigenvalue weighted by atomic mass is 79.9. The summed E-state index contributed by atoms with van der Waals surface area (Å²) in [5.74, 6) is 0.216. The van der Waals surface area contributed by atoms with E-state index in [0.717, 1.165) is 8.66 Å². The molecule has 1 aromatic rings. The Bertz CT molecular complexity index is 414. The lowest BCUT2D eigenvalue weighted by Gasteiger charge is -2.13. The van der Waals surface area contributed by atoms with Crippen LogP contribution in [0, 0.1) is 0 Å². The number of thiophene rings is 1. The summed E-state index contributed by atoms with van der Waals surface area (Å²) in [5, 5.41) is 3.13. The second kappa shape index (κ2) is 5.43. The molecule has 0 radical (unpaired) electrons. The van der Waals surface area contributed by atoms with Gasteiger partial charge in [0.25, 0.3) is 0 Å². The molecule has 0 aliphatic rings.